The van der Waals surface area contributed by atoms with E-state index >= 15 is 0 Å². The summed E-state index contributed by atoms with van der Waals surface area (Å²) in [5.74, 6) is 0.726. The zero-order valence-corrected chi connectivity index (χ0v) is 15.9. The number of carbonyl (C=O) groups excluding carboxylic acids is 2. The number of nitrogens with one attached hydrogen (secondary N) is 1. The second kappa shape index (κ2) is 8.06. The van der Waals surface area contributed by atoms with Gasteiger partial charge in [0.2, 0.25) is 5.91 Å². The first kappa shape index (κ1) is 18.8. The number of benzene rings is 1. The highest BCUT2D eigenvalue weighted by Crippen LogP contribution is 2.24. The van der Waals surface area contributed by atoms with Crippen molar-refractivity contribution in [2.75, 3.05) is 18.8 Å². The lowest BCUT2D eigenvalue weighted by Crippen LogP contribution is -2.47. The van der Waals surface area contributed by atoms with Crippen LogP contribution in [0.4, 0.5) is 0 Å². The lowest BCUT2D eigenvalue weighted by molar-refractivity contribution is -0.129. The highest BCUT2D eigenvalue weighted by molar-refractivity contribution is 8.01. The van der Waals surface area contributed by atoms with Crippen LogP contribution >= 0.6 is 11.8 Å². The van der Waals surface area contributed by atoms with E-state index in [1.807, 2.05) is 36.1 Å². The maximum absolute atomic E-state index is 12.4. The normalized spacial score (nSPS) is 16.1. The van der Waals surface area contributed by atoms with Crippen molar-refractivity contribution in [3.05, 3.63) is 35.4 Å². The maximum atomic E-state index is 12.4. The fraction of sp³-hybridized carbons (Fsp3) is 0.579. The molecule has 1 saturated heterocycles. The van der Waals surface area contributed by atoms with E-state index in [0.717, 1.165) is 37.1 Å². The van der Waals surface area contributed by atoms with Crippen molar-refractivity contribution in [2.45, 2.75) is 51.3 Å². The molecule has 0 radical (unpaired) electrons. The van der Waals surface area contributed by atoms with Crippen LogP contribution in [0.5, 0.6) is 0 Å². The largest absolute Gasteiger partial charge is 0.349 e. The molecular weight excluding hydrogens is 320 g/mol. The molecule has 0 aliphatic carbocycles. The van der Waals surface area contributed by atoms with Crippen molar-refractivity contribution in [1.29, 1.82) is 0 Å². The molecule has 4 nitrogen and oxygen atoms in total. The number of aryl methyl sites for hydroxylation is 1. The van der Waals surface area contributed by atoms with E-state index in [0.29, 0.717) is 5.75 Å². The van der Waals surface area contributed by atoms with Crippen LogP contribution in [-0.4, -0.2) is 46.3 Å². The Morgan fingerprint density at radius 1 is 1.21 bits per heavy atom. The Hall–Kier alpha value is -1.49. The quantitative estimate of drug-likeness (QED) is 0.909. The summed E-state index contributed by atoms with van der Waals surface area (Å²) >= 11 is 1.68. The third kappa shape index (κ3) is 5.55. The molecule has 1 fully saturated rings. The van der Waals surface area contributed by atoms with Gasteiger partial charge in [0.25, 0.3) is 5.91 Å². The van der Waals surface area contributed by atoms with Crippen LogP contribution in [-0.2, 0) is 4.79 Å². The summed E-state index contributed by atoms with van der Waals surface area (Å²) in [6, 6.07) is 7.77. The lowest BCUT2D eigenvalue weighted by Gasteiger charge is -2.33. The summed E-state index contributed by atoms with van der Waals surface area (Å²) < 4.78 is 0.107. The molecule has 2 rings (SSSR count). The van der Waals surface area contributed by atoms with E-state index in [-0.39, 0.29) is 22.6 Å². The number of thioether (sulfide) groups is 1. The summed E-state index contributed by atoms with van der Waals surface area (Å²) in [5.41, 5.74) is 1.72. The smallest absolute Gasteiger partial charge is 0.251 e. The molecule has 132 valence electrons. The number of likely N-dealkylation sites (tertiary alicyclic amines) is 1. The third-order valence-electron chi connectivity index (χ3n) is 4.20. The number of rotatable bonds is 4. The number of nitrogens with zero attached hydrogens (tertiary/aromatic N) is 1. The fourth-order valence-electron chi connectivity index (χ4n) is 2.73. The van der Waals surface area contributed by atoms with Crippen molar-refractivity contribution >= 4 is 23.6 Å². The molecule has 0 aromatic heterocycles. The molecule has 1 heterocycles. The number of carbonyl (C=O) groups is 2. The van der Waals surface area contributed by atoms with E-state index in [2.05, 4.69) is 26.1 Å². The fourth-order valence-corrected chi connectivity index (χ4v) is 3.47. The molecule has 1 aliphatic rings. The Kier molecular flexibility index (Phi) is 6.33. The van der Waals surface area contributed by atoms with Gasteiger partial charge in [0.15, 0.2) is 0 Å². The van der Waals surface area contributed by atoms with Crippen molar-refractivity contribution < 1.29 is 9.59 Å². The Labute approximate surface area is 149 Å². The highest BCUT2D eigenvalue weighted by atomic mass is 32.2. The zero-order valence-electron chi connectivity index (χ0n) is 15.1. The molecule has 1 aromatic carbocycles. The van der Waals surface area contributed by atoms with Gasteiger partial charge in [-0.3, -0.25) is 9.59 Å². The molecule has 1 N–H and O–H groups in total. The summed E-state index contributed by atoms with van der Waals surface area (Å²) in [6.45, 7) is 9.77. The molecule has 0 atom stereocenters. The van der Waals surface area contributed by atoms with E-state index in [1.165, 1.54) is 0 Å². The Bertz CT molecular complexity index is 587. The number of piperidine rings is 1. The molecule has 1 aromatic rings. The van der Waals surface area contributed by atoms with E-state index in [4.69, 9.17) is 0 Å². The summed E-state index contributed by atoms with van der Waals surface area (Å²) in [6.07, 6.45) is 1.65. The van der Waals surface area contributed by atoms with Gasteiger partial charge in [-0.2, -0.15) is 0 Å². The molecule has 0 saturated carbocycles. The van der Waals surface area contributed by atoms with Gasteiger partial charge in [-0.25, -0.2) is 0 Å². The van der Waals surface area contributed by atoms with Gasteiger partial charge in [-0.05, 0) is 31.4 Å². The van der Waals surface area contributed by atoms with Gasteiger partial charge in [0.05, 0.1) is 5.75 Å². The molecule has 0 spiro atoms. The summed E-state index contributed by atoms with van der Waals surface area (Å²) in [7, 11) is 0. The van der Waals surface area contributed by atoms with E-state index < -0.39 is 0 Å². The number of hydrogen-bond acceptors (Lipinski definition) is 3. The van der Waals surface area contributed by atoms with E-state index in [1.54, 1.807) is 11.8 Å². The van der Waals surface area contributed by atoms with Crippen LogP contribution in [0.2, 0.25) is 0 Å². The van der Waals surface area contributed by atoms with Gasteiger partial charge < -0.3 is 10.2 Å². The first-order valence-corrected chi connectivity index (χ1v) is 9.53. The molecule has 0 bridgehead atoms. The molecular formula is C19H28N2O2S. The zero-order chi connectivity index (χ0) is 17.7. The van der Waals surface area contributed by atoms with Crippen LogP contribution in [0.25, 0.3) is 0 Å². The van der Waals surface area contributed by atoms with Crippen molar-refractivity contribution in [3.63, 3.8) is 0 Å². The van der Waals surface area contributed by atoms with Crippen LogP contribution in [0, 0.1) is 6.92 Å². The van der Waals surface area contributed by atoms with Crippen LogP contribution < -0.4 is 5.32 Å². The Morgan fingerprint density at radius 3 is 2.42 bits per heavy atom. The molecule has 5 heteroatoms. The average Bonchev–Trinajstić information content (AvgIpc) is 2.53. The van der Waals surface area contributed by atoms with Crippen molar-refractivity contribution in [2.24, 2.45) is 0 Å². The third-order valence-corrected chi connectivity index (χ3v) is 5.46. The minimum Gasteiger partial charge on any atom is -0.349 e. The predicted octanol–water partition coefficient (Wildman–Crippen LogP) is 3.25. The average molecular weight is 349 g/mol. The highest BCUT2D eigenvalue weighted by Gasteiger charge is 2.25. The van der Waals surface area contributed by atoms with Crippen LogP contribution in [0.15, 0.2) is 24.3 Å². The topological polar surface area (TPSA) is 49.4 Å². The van der Waals surface area contributed by atoms with Gasteiger partial charge in [0.1, 0.15) is 0 Å². The van der Waals surface area contributed by atoms with Gasteiger partial charge in [0, 0.05) is 29.4 Å². The standard InChI is InChI=1S/C19H28N2O2S/c1-14-7-5-6-8-16(14)18(23)20-15-9-11-21(12-10-15)17(22)13-24-19(2,3)4/h5-8,15H,9-13H2,1-4H3,(H,20,23). The second-order valence-corrected chi connectivity index (χ2v) is 9.15. The van der Waals surface area contributed by atoms with Gasteiger partial charge in [-0.15, -0.1) is 11.8 Å². The summed E-state index contributed by atoms with van der Waals surface area (Å²) in [4.78, 5) is 26.6. The van der Waals surface area contributed by atoms with E-state index in [9.17, 15) is 9.59 Å². The second-order valence-electron chi connectivity index (χ2n) is 7.34. The molecule has 1 aliphatic heterocycles. The number of amides is 2. The minimum atomic E-state index is -0.0128. The monoisotopic (exact) mass is 348 g/mol. The van der Waals surface area contributed by atoms with Gasteiger partial charge >= 0.3 is 0 Å². The maximum Gasteiger partial charge on any atom is 0.251 e. The first-order chi connectivity index (χ1) is 11.3. The van der Waals surface area contributed by atoms with Gasteiger partial charge in [-0.1, -0.05) is 39.0 Å². The Morgan fingerprint density at radius 2 is 1.83 bits per heavy atom. The molecule has 0 unspecified atom stereocenters. The number of hydrogen-bond donors (Lipinski definition) is 1. The first-order valence-electron chi connectivity index (χ1n) is 8.54. The van der Waals surface area contributed by atoms with Crippen molar-refractivity contribution in [3.8, 4) is 0 Å². The summed E-state index contributed by atoms with van der Waals surface area (Å²) in [5, 5.41) is 3.11. The minimum absolute atomic E-state index is 0.0128. The Balaban J connectivity index is 1.79. The molecule has 24 heavy (non-hydrogen) atoms. The lowest BCUT2D eigenvalue weighted by atomic mass is 10.0. The SMILES string of the molecule is Cc1ccccc1C(=O)NC1CCN(C(=O)CSC(C)(C)C)CC1. The van der Waals surface area contributed by atoms with Crippen LogP contribution in [0.3, 0.4) is 0 Å². The predicted molar refractivity (Wildman–Crippen MR) is 100 cm³/mol. The van der Waals surface area contributed by atoms with Crippen LogP contribution in [0.1, 0.15) is 49.5 Å². The molecule has 2 amide bonds. The van der Waals surface area contributed by atoms with Crippen molar-refractivity contribution in [1.82, 2.24) is 10.2 Å².